The fraction of sp³-hybridized carbons (Fsp3) is 0.400. The molecule has 0 saturated carbocycles. The third-order valence-electron chi connectivity index (χ3n) is 1.69. The summed E-state index contributed by atoms with van der Waals surface area (Å²) >= 11 is 0. The maximum Gasteiger partial charge on any atom is 0.446 e. The minimum atomic E-state index is -2.82. The van der Waals surface area contributed by atoms with Crippen LogP contribution in [0.15, 0.2) is 30.3 Å². The van der Waals surface area contributed by atoms with Gasteiger partial charge in [-0.25, -0.2) is 0 Å². The molecule has 1 aromatic rings. The number of hydrogen-bond donors (Lipinski definition) is 1. The molecule has 0 fully saturated rings. The van der Waals surface area contributed by atoms with E-state index >= 15 is 0 Å². The lowest BCUT2D eigenvalue weighted by Crippen LogP contribution is -2.16. The lowest BCUT2D eigenvalue weighted by molar-refractivity contribution is 0.200. The van der Waals surface area contributed by atoms with Crippen molar-refractivity contribution in [1.29, 1.82) is 0 Å². The van der Waals surface area contributed by atoms with Crippen LogP contribution in [0.4, 0.5) is 0 Å². The van der Waals surface area contributed by atoms with Gasteiger partial charge < -0.3 is 0 Å². The summed E-state index contributed by atoms with van der Waals surface area (Å²) < 4.78 is 10.6. The predicted molar refractivity (Wildman–Crippen MR) is 58.5 cm³/mol. The summed E-state index contributed by atoms with van der Waals surface area (Å²) in [5, 5.41) is 0.726. The highest BCUT2D eigenvalue weighted by Gasteiger charge is 2.42. The van der Waals surface area contributed by atoms with Crippen molar-refractivity contribution in [1.82, 2.24) is 0 Å². The van der Waals surface area contributed by atoms with E-state index in [-0.39, 0.29) is 0 Å². The van der Waals surface area contributed by atoms with Gasteiger partial charge in [-0.3, -0.25) is 0 Å². The molecule has 78 valence electrons. The maximum atomic E-state index is 10.1. The highest BCUT2D eigenvalue weighted by atomic mass is 31.2. The van der Waals surface area contributed by atoms with E-state index in [1.165, 1.54) is 0 Å². The van der Waals surface area contributed by atoms with Crippen molar-refractivity contribution >= 4 is 13.2 Å². The van der Waals surface area contributed by atoms with E-state index in [1.54, 1.807) is 0 Å². The van der Waals surface area contributed by atoms with Crippen LogP contribution in [0, 0.1) is 0 Å². The van der Waals surface area contributed by atoms with Crippen LogP contribution in [-0.4, -0.2) is 18.1 Å². The summed E-state index contributed by atoms with van der Waals surface area (Å²) in [6, 6.07) is 9.25. The molecule has 0 atom stereocenters. The number of hydrogen-bond acceptors (Lipinski definition) is 3. The normalized spacial score (nSPS) is 11.6. The molecule has 1 rings (SSSR count). The van der Waals surface area contributed by atoms with Gasteiger partial charge in [0.2, 0.25) is 0 Å². The standard InChI is InChI=1S/C10H16O3P/c1-3-12-14(11,13-4-2)10-8-6-5-7-9-10/h5-9,11H,3-4H2,1-2H3/q+1. The Kier molecular flexibility index (Phi) is 4.49. The smallest absolute Gasteiger partial charge is 0.188 e. The Hall–Kier alpha value is -0.470. The van der Waals surface area contributed by atoms with Gasteiger partial charge in [0, 0.05) is 0 Å². The maximum absolute atomic E-state index is 10.1. The minimum absolute atomic E-state index is 0.444. The van der Waals surface area contributed by atoms with Gasteiger partial charge in [-0.2, -0.15) is 13.9 Å². The summed E-state index contributed by atoms with van der Waals surface area (Å²) in [5.41, 5.74) is 0. The second-order valence-electron chi connectivity index (χ2n) is 2.69. The van der Waals surface area contributed by atoms with Gasteiger partial charge in [-0.05, 0) is 26.0 Å². The molecule has 0 amide bonds. The average Bonchev–Trinajstić information content (AvgIpc) is 2.20. The fourth-order valence-corrected chi connectivity index (χ4v) is 2.77. The van der Waals surface area contributed by atoms with Crippen LogP contribution in [0.5, 0.6) is 0 Å². The van der Waals surface area contributed by atoms with Crippen molar-refractivity contribution in [3.05, 3.63) is 30.3 Å². The molecule has 4 heteroatoms. The van der Waals surface area contributed by atoms with Gasteiger partial charge in [0.25, 0.3) is 0 Å². The molecule has 0 saturated heterocycles. The first-order valence-corrected chi connectivity index (χ1v) is 6.27. The summed E-state index contributed by atoms with van der Waals surface area (Å²) in [6.07, 6.45) is 0. The summed E-state index contributed by atoms with van der Waals surface area (Å²) in [5.74, 6) is 0. The van der Waals surface area contributed by atoms with Crippen molar-refractivity contribution in [3.8, 4) is 0 Å². The van der Waals surface area contributed by atoms with Gasteiger partial charge in [0.15, 0.2) is 5.30 Å². The quantitative estimate of drug-likeness (QED) is 0.765. The topological polar surface area (TPSA) is 38.7 Å². The van der Waals surface area contributed by atoms with E-state index < -0.39 is 7.94 Å². The van der Waals surface area contributed by atoms with Gasteiger partial charge in [-0.1, -0.05) is 18.2 Å². The average molecular weight is 215 g/mol. The zero-order valence-corrected chi connectivity index (χ0v) is 9.41. The van der Waals surface area contributed by atoms with E-state index in [4.69, 9.17) is 9.05 Å². The SMILES string of the molecule is CCO[P+](O)(OCC)c1ccccc1. The molecular formula is C10H16O3P+. The first-order chi connectivity index (χ1) is 6.73. The number of rotatable bonds is 5. The molecule has 1 aromatic carbocycles. The van der Waals surface area contributed by atoms with Crippen LogP contribution >= 0.6 is 7.94 Å². The molecule has 0 spiro atoms. The molecule has 3 nitrogen and oxygen atoms in total. The summed E-state index contributed by atoms with van der Waals surface area (Å²) in [4.78, 5) is 10.1. The van der Waals surface area contributed by atoms with Crippen LogP contribution in [0.3, 0.4) is 0 Å². The van der Waals surface area contributed by atoms with E-state index in [9.17, 15) is 4.89 Å². The van der Waals surface area contributed by atoms with Gasteiger partial charge in [0.05, 0.1) is 13.2 Å². The Bertz CT molecular complexity index is 257. The third kappa shape index (κ3) is 2.76. The van der Waals surface area contributed by atoms with Gasteiger partial charge in [0.1, 0.15) is 0 Å². The molecule has 14 heavy (non-hydrogen) atoms. The summed E-state index contributed by atoms with van der Waals surface area (Å²) in [7, 11) is -2.82. The van der Waals surface area contributed by atoms with Crippen molar-refractivity contribution in [2.75, 3.05) is 13.2 Å². The third-order valence-corrected chi connectivity index (χ3v) is 3.86. The molecule has 0 aliphatic heterocycles. The van der Waals surface area contributed by atoms with Crippen LogP contribution < -0.4 is 5.30 Å². The first kappa shape index (κ1) is 11.6. The zero-order valence-electron chi connectivity index (χ0n) is 8.51. The van der Waals surface area contributed by atoms with Crippen LogP contribution in [0.25, 0.3) is 0 Å². The van der Waals surface area contributed by atoms with E-state index in [1.807, 2.05) is 44.2 Å². The van der Waals surface area contributed by atoms with Crippen molar-refractivity contribution in [2.45, 2.75) is 13.8 Å². The second-order valence-corrected chi connectivity index (χ2v) is 4.77. The van der Waals surface area contributed by atoms with Crippen LogP contribution in [-0.2, 0) is 9.05 Å². The first-order valence-electron chi connectivity index (χ1n) is 4.69. The van der Waals surface area contributed by atoms with Crippen LogP contribution in [0.2, 0.25) is 0 Å². The lowest BCUT2D eigenvalue weighted by Gasteiger charge is -2.14. The van der Waals surface area contributed by atoms with Gasteiger partial charge >= 0.3 is 7.94 Å². The minimum Gasteiger partial charge on any atom is -0.188 e. The highest BCUT2D eigenvalue weighted by molar-refractivity contribution is 7.68. The molecule has 0 bridgehead atoms. The Morgan fingerprint density at radius 1 is 1.07 bits per heavy atom. The Morgan fingerprint density at radius 3 is 2.00 bits per heavy atom. The molecule has 0 heterocycles. The van der Waals surface area contributed by atoms with Gasteiger partial charge in [-0.15, -0.1) is 0 Å². The van der Waals surface area contributed by atoms with Crippen molar-refractivity contribution < 1.29 is 13.9 Å². The molecular weight excluding hydrogens is 199 g/mol. The Labute approximate surface area is 85.3 Å². The molecule has 1 N–H and O–H groups in total. The molecule has 0 aliphatic carbocycles. The molecule has 0 radical (unpaired) electrons. The Morgan fingerprint density at radius 2 is 1.57 bits per heavy atom. The lowest BCUT2D eigenvalue weighted by atomic mass is 10.4. The zero-order chi connectivity index (χ0) is 10.4. The summed E-state index contributed by atoms with van der Waals surface area (Å²) in [6.45, 7) is 4.57. The Balaban J connectivity index is 2.87. The monoisotopic (exact) mass is 215 g/mol. The fourth-order valence-electron chi connectivity index (χ4n) is 1.15. The molecule has 0 unspecified atom stereocenters. The van der Waals surface area contributed by atoms with E-state index in [2.05, 4.69) is 0 Å². The van der Waals surface area contributed by atoms with E-state index in [0.29, 0.717) is 13.2 Å². The predicted octanol–water partition coefficient (Wildman–Crippen LogP) is 2.14. The second kappa shape index (κ2) is 5.42. The number of benzene rings is 1. The van der Waals surface area contributed by atoms with Crippen molar-refractivity contribution in [2.24, 2.45) is 0 Å². The largest absolute Gasteiger partial charge is 0.446 e. The molecule has 0 aliphatic rings. The highest BCUT2D eigenvalue weighted by Crippen LogP contribution is 2.55. The van der Waals surface area contributed by atoms with E-state index in [0.717, 1.165) is 5.30 Å². The molecule has 0 aromatic heterocycles. The van der Waals surface area contributed by atoms with Crippen LogP contribution in [0.1, 0.15) is 13.8 Å². The van der Waals surface area contributed by atoms with Crippen molar-refractivity contribution in [3.63, 3.8) is 0 Å².